The van der Waals surface area contributed by atoms with Crippen LogP contribution in [0.15, 0.2) is 47.4 Å². The van der Waals surface area contributed by atoms with Gasteiger partial charge in [0.05, 0.1) is 21.2 Å². The van der Waals surface area contributed by atoms with Gasteiger partial charge in [0.15, 0.2) is 5.13 Å². The molecule has 2 amide bonds. The zero-order valence-corrected chi connectivity index (χ0v) is 14.4. The largest absolute Gasteiger partial charge is 0.324 e. The summed E-state index contributed by atoms with van der Waals surface area (Å²) in [6.07, 6.45) is 0.0368. The fourth-order valence-corrected chi connectivity index (χ4v) is 4.53. The van der Waals surface area contributed by atoms with E-state index < -0.39 is 5.25 Å². The Morgan fingerprint density at radius 1 is 1.28 bits per heavy atom. The number of halogens is 1. The molecule has 0 bridgehead atoms. The summed E-state index contributed by atoms with van der Waals surface area (Å²) in [5.74, 6) is -0.834. The summed E-state index contributed by atoms with van der Waals surface area (Å²) in [6, 6.07) is 11.8. The van der Waals surface area contributed by atoms with Crippen LogP contribution in [0, 0.1) is 5.82 Å². The summed E-state index contributed by atoms with van der Waals surface area (Å²) in [4.78, 5) is 29.6. The number of rotatable bonds is 3. The molecule has 0 saturated carbocycles. The molecule has 0 radical (unpaired) electrons. The van der Waals surface area contributed by atoms with Crippen LogP contribution in [-0.2, 0) is 9.59 Å². The molecule has 8 heteroatoms. The molecule has 25 heavy (non-hydrogen) atoms. The fourth-order valence-electron chi connectivity index (χ4n) is 2.52. The second-order valence-electron chi connectivity index (χ2n) is 5.48. The highest BCUT2D eigenvalue weighted by molar-refractivity contribution is 8.01. The number of hydrogen-bond acceptors (Lipinski definition) is 5. The fraction of sp³-hybridized carbons (Fsp3) is 0.118. The molecule has 0 fully saturated rings. The first-order valence-corrected chi connectivity index (χ1v) is 9.20. The molecule has 1 atom stereocenters. The maximum absolute atomic E-state index is 13.2. The zero-order chi connectivity index (χ0) is 17.4. The Morgan fingerprint density at radius 3 is 3.00 bits per heavy atom. The topological polar surface area (TPSA) is 71.1 Å². The van der Waals surface area contributed by atoms with E-state index in [-0.39, 0.29) is 24.1 Å². The lowest BCUT2D eigenvalue weighted by atomic mass is 10.2. The van der Waals surface area contributed by atoms with Crippen molar-refractivity contribution in [3.8, 4) is 0 Å². The Morgan fingerprint density at radius 2 is 2.12 bits per heavy atom. The van der Waals surface area contributed by atoms with Crippen molar-refractivity contribution in [2.24, 2.45) is 0 Å². The van der Waals surface area contributed by atoms with E-state index in [1.165, 1.54) is 35.2 Å². The first kappa shape index (κ1) is 16.0. The maximum Gasteiger partial charge on any atom is 0.238 e. The normalized spacial score (nSPS) is 16.4. The van der Waals surface area contributed by atoms with Crippen molar-refractivity contribution in [3.63, 3.8) is 0 Å². The third-order valence-electron chi connectivity index (χ3n) is 3.67. The quantitative estimate of drug-likeness (QED) is 0.731. The number of fused-ring (bicyclic) bond motifs is 2. The Hall–Kier alpha value is -2.45. The number of amides is 2. The predicted octanol–water partition coefficient (Wildman–Crippen LogP) is 3.88. The maximum atomic E-state index is 13.2. The van der Waals surface area contributed by atoms with Crippen LogP contribution in [0.4, 0.5) is 15.2 Å². The molecule has 2 aromatic carbocycles. The first-order chi connectivity index (χ1) is 12.1. The minimum absolute atomic E-state index is 0.0368. The minimum atomic E-state index is -0.498. The second-order valence-corrected chi connectivity index (χ2v) is 7.75. The summed E-state index contributed by atoms with van der Waals surface area (Å²) in [5.41, 5.74) is 1.39. The smallest absolute Gasteiger partial charge is 0.238 e. The standard InChI is InChI=1S/C17H12FN3O2S2/c18-9-5-6-11-13(7-9)25-17(20-11)21-15(22)8-14-16(23)19-10-3-1-2-4-12(10)24-14/h1-7,14H,8H2,(H,19,23)(H,20,21,22)/t14-/m0/s1. The van der Waals surface area contributed by atoms with Crippen molar-refractivity contribution in [2.45, 2.75) is 16.6 Å². The van der Waals surface area contributed by atoms with Crippen LogP contribution < -0.4 is 10.6 Å². The van der Waals surface area contributed by atoms with Crippen LogP contribution >= 0.6 is 23.1 Å². The number of carbonyl (C=O) groups excluding carboxylic acids is 2. The van der Waals surface area contributed by atoms with Crippen LogP contribution in [-0.4, -0.2) is 22.0 Å². The minimum Gasteiger partial charge on any atom is -0.324 e. The molecule has 3 aromatic rings. The summed E-state index contributed by atoms with van der Waals surface area (Å²) in [7, 11) is 0. The highest BCUT2D eigenvalue weighted by atomic mass is 32.2. The number of carbonyl (C=O) groups is 2. The lowest BCUT2D eigenvalue weighted by Gasteiger charge is -2.23. The van der Waals surface area contributed by atoms with Gasteiger partial charge in [-0.1, -0.05) is 23.5 Å². The molecule has 4 rings (SSSR count). The molecule has 0 spiro atoms. The van der Waals surface area contributed by atoms with E-state index in [2.05, 4.69) is 15.6 Å². The first-order valence-electron chi connectivity index (χ1n) is 7.51. The Kier molecular flexibility index (Phi) is 4.14. The van der Waals surface area contributed by atoms with Crippen molar-refractivity contribution in [2.75, 3.05) is 10.6 Å². The molecule has 2 N–H and O–H groups in total. The molecule has 1 aliphatic rings. The van der Waals surface area contributed by atoms with Crippen LogP contribution in [0.25, 0.3) is 10.2 Å². The van der Waals surface area contributed by atoms with E-state index in [1.807, 2.05) is 24.3 Å². The number of para-hydroxylation sites is 1. The van der Waals surface area contributed by atoms with Crippen molar-refractivity contribution < 1.29 is 14.0 Å². The van der Waals surface area contributed by atoms with Gasteiger partial charge in [0.25, 0.3) is 0 Å². The predicted molar refractivity (Wildman–Crippen MR) is 97.5 cm³/mol. The number of benzene rings is 2. The number of anilines is 2. The highest BCUT2D eigenvalue weighted by Gasteiger charge is 2.29. The highest BCUT2D eigenvalue weighted by Crippen LogP contribution is 2.36. The van der Waals surface area contributed by atoms with Gasteiger partial charge in [-0.05, 0) is 30.3 Å². The van der Waals surface area contributed by atoms with Gasteiger partial charge < -0.3 is 10.6 Å². The molecule has 0 unspecified atom stereocenters. The molecule has 126 valence electrons. The van der Waals surface area contributed by atoms with Crippen LogP contribution in [0.3, 0.4) is 0 Å². The summed E-state index contributed by atoms with van der Waals surface area (Å²) in [5, 5.41) is 5.40. The van der Waals surface area contributed by atoms with Gasteiger partial charge in [-0.3, -0.25) is 9.59 Å². The van der Waals surface area contributed by atoms with Gasteiger partial charge in [0, 0.05) is 11.3 Å². The third kappa shape index (κ3) is 3.35. The Balaban J connectivity index is 1.45. The number of nitrogens with one attached hydrogen (secondary N) is 2. The molecule has 0 saturated heterocycles. The number of hydrogen-bond donors (Lipinski definition) is 2. The number of nitrogens with zero attached hydrogens (tertiary/aromatic N) is 1. The van der Waals surface area contributed by atoms with E-state index in [0.29, 0.717) is 15.3 Å². The molecule has 0 aliphatic carbocycles. The van der Waals surface area contributed by atoms with Crippen molar-refractivity contribution in [1.29, 1.82) is 0 Å². The van der Waals surface area contributed by atoms with Gasteiger partial charge in [0.1, 0.15) is 5.82 Å². The lowest BCUT2D eigenvalue weighted by Crippen LogP contribution is -2.32. The van der Waals surface area contributed by atoms with Gasteiger partial charge in [-0.25, -0.2) is 9.37 Å². The van der Waals surface area contributed by atoms with E-state index >= 15 is 0 Å². The van der Waals surface area contributed by atoms with Crippen molar-refractivity contribution in [3.05, 3.63) is 48.3 Å². The molecule has 2 heterocycles. The molecular weight excluding hydrogens is 361 g/mol. The monoisotopic (exact) mass is 373 g/mol. The molecular formula is C17H12FN3O2S2. The molecule has 5 nitrogen and oxygen atoms in total. The molecule has 1 aromatic heterocycles. The van der Waals surface area contributed by atoms with Gasteiger partial charge in [0.2, 0.25) is 11.8 Å². The van der Waals surface area contributed by atoms with Crippen molar-refractivity contribution >= 4 is 55.9 Å². The average molecular weight is 373 g/mol. The number of aromatic nitrogens is 1. The Labute approximate surface area is 150 Å². The number of thioether (sulfide) groups is 1. The van der Waals surface area contributed by atoms with E-state index in [1.54, 1.807) is 6.07 Å². The summed E-state index contributed by atoms with van der Waals surface area (Å²) >= 11 is 2.57. The van der Waals surface area contributed by atoms with Crippen LogP contribution in [0.1, 0.15) is 6.42 Å². The summed E-state index contributed by atoms with van der Waals surface area (Å²) in [6.45, 7) is 0. The second kappa shape index (κ2) is 6.45. The van der Waals surface area contributed by atoms with E-state index in [4.69, 9.17) is 0 Å². The van der Waals surface area contributed by atoms with Gasteiger partial charge >= 0.3 is 0 Å². The van der Waals surface area contributed by atoms with Gasteiger partial charge in [-0.2, -0.15) is 0 Å². The van der Waals surface area contributed by atoms with Crippen LogP contribution in [0.5, 0.6) is 0 Å². The zero-order valence-electron chi connectivity index (χ0n) is 12.8. The van der Waals surface area contributed by atoms with Gasteiger partial charge in [-0.15, -0.1) is 11.8 Å². The molecule has 1 aliphatic heterocycles. The lowest BCUT2D eigenvalue weighted by molar-refractivity contribution is -0.120. The van der Waals surface area contributed by atoms with E-state index in [9.17, 15) is 14.0 Å². The SMILES string of the molecule is O=C(C[C@@H]1Sc2ccccc2NC1=O)Nc1nc2ccc(F)cc2s1. The van der Waals surface area contributed by atoms with E-state index in [0.717, 1.165) is 10.6 Å². The van der Waals surface area contributed by atoms with Crippen molar-refractivity contribution in [1.82, 2.24) is 4.98 Å². The Bertz CT molecular complexity index is 989. The third-order valence-corrected chi connectivity index (χ3v) is 5.88. The number of thiazole rings is 1. The average Bonchev–Trinajstić information content (AvgIpc) is 2.96. The summed E-state index contributed by atoms with van der Waals surface area (Å²) < 4.78 is 13.9. The van der Waals surface area contributed by atoms with Crippen LogP contribution in [0.2, 0.25) is 0 Å².